The van der Waals surface area contributed by atoms with Gasteiger partial charge in [0.05, 0.1) is 5.69 Å². The first-order valence-corrected chi connectivity index (χ1v) is 6.96. The topological polar surface area (TPSA) is 29.9 Å². The normalized spacial score (nSPS) is 11.0. The fraction of sp³-hybridized carbons (Fsp3) is 0.357. The largest absolute Gasteiger partial charge is 0.319 e. The molecular weight excluding hydrogens is 309 g/mol. The summed E-state index contributed by atoms with van der Waals surface area (Å²) in [6.45, 7) is 2.75. The lowest BCUT2D eigenvalue weighted by Crippen LogP contribution is -2.13. The number of rotatable bonds is 4. The quantitative estimate of drug-likeness (QED) is 0.936. The van der Waals surface area contributed by atoms with E-state index >= 15 is 0 Å². The average Bonchev–Trinajstić information content (AvgIpc) is 2.64. The fourth-order valence-corrected chi connectivity index (χ4v) is 2.64. The summed E-state index contributed by atoms with van der Waals surface area (Å²) >= 11 is 3.40. The minimum Gasteiger partial charge on any atom is -0.319 e. The third-order valence-electron chi connectivity index (χ3n) is 3.15. The first-order chi connectivity index (χ1) is 9.04. The highest BCUT2D eigenvalue weighted by Gasteiger charge is 2.17. The van der Waals surface area contributed by atoms with Gasteiger partial charge in [-0.05, 0) is 32.2 Å². The maximum Gasteiger partial charge on any atom is 0.131 e. The summed E-state index contributed by atoms with van der Waals surface area (Å²) in [4.78, 5) is 0. The van der Waals surface area contributed by atoms with Crippen molar-refractivity contribution in [2.24, 2.45) is 7.05 Å². The Morgan fingerprint density at radius 3 is 2.84 bits per heavy atom. The lowest BCUT2D eigenvalue weighted by molar-refractivity contribution is 0.630. The number of nitrogens with zero attached hydrogens (tertiary/aromatic N) is 2. The van der Waals surface area contributed by atoms with Crippen LogP contribution in [0.5, 0.6) is 0 Å². The van der Waals surface area contributed by atoms with Gasteiger partial charge in [0.2, 0.25) is 0 Å². The molecular formula is C14H17BrFN3. The van der Waals surface area contributed by atoms with Crippen molar-refractivity contribution < 1.29 is 4.39 Å². The lowest BCUT2D eigenvalue weighted by Gasteiger charge is -2.08. The number of hydrogen-bond acceptors (Lipinski definition) is 2. The molecule has 0 radical (unpaired) electrons. The summed E-state index contributed by atoms with van der Waals surface area (Å²) in [5, 5.41) is 7.53. The van der Waals surface area contributed by atoms with Crippen molar-refractivity contribution in [1.82, 2.24) is 15.1 Å². The Labute approximate surface area is 121 Å². The number of nitrogens with one attached hydrogen (secondary N) is 1. The second kappa shape index (κ2) is 5.84. The molecule has 102 valence electrons. The van der Waals surface area contributed by atoms with Crippen LogP contribution in [0.15, 0.2) is 22.7 Å². The molecule has 0 aliphatic carbocycles. The van der Waals surface area contributed by atoms with E-state index in [4.69, 9.17) is 0 Å². The summed E-state index contributed by atoms with van der Waals surface area (Å²) < 4.78 is 16.8. The van der Waals surface area contributed by atoms with Crippen LogP contribution in [-0.2, 0) is 13.5 Å². The number of halogens is 2. The van der Waals surface area contributed by atoms with Gasteiger partial charge in [0.15, 0.2) is 0 Å². The Morgan fingerprint density at radius 1 is 1.42 bits per heavy atom. The number of hydrogen-bond donors (Lipinski definition) is 1. The molecule has 3 nitrogen and oxygen atoms in total. The van der Waals surface area contributed by atoms with E-state index in [0.717, 1.165) is 34.4 Å². The van der Waals surface area contributed by atoms with Crippen LogP contribution in [0.3, 0.4) is 0 Å². The Morgan fingerprint density at radius 2 is 2.16 bits per heavy atom. The average molecular weight is 326 g/mol. The SMILES string of the molecule is CNCCc1c(-c2cc(Br)ccc2F)c(C)nn1C. The van der Waals surface area contributed by atoms with Crippen molar-refractivity contribution in [3.63, 3.8) is 0 Å². The molecule has 0 saturated carbocycles. The Hall–Kier alpha value is -1.20. The molecule has 1 heterocycles. The number of aryl methyl sites for hydroxylation is 2. The van der Waals surface area contributed by atoms with E-state index in [1.165, 1.54) is 6.07 Å². The van der Waals surface area contributed by atoms with Gasteiger partial charge in [0.25, 0.3) is 0 Å². The number of benzene rings is 1. The molecule has 0 saturated heterocycles. The predicted octanol–water partition coefficient (Wildman–Crippen LogP) is 3.06. The maximum atomic E-state index is 14.1. The molecule has 2 rings (SSSR count). The van der Waals surface area contributed by atoms with Crippen LogP contribution >= 0.6 is 15.9 Å². The molecule has 1 aromatic carbocycles. The maximum absolute atomic E-state index is 14.1. The molecule has 2 aromatic rings. The van der Waals surface area contributed by atoms with E-state index in [1.807, 2.05) is 31.8 Å². The Kier molecular flexibility index (Phi) is 4.37. The predicted molar refractivity (Wildman–Crippen MR) is 78.7 cm³/mol. The highest BCUT2D eigenvalue weighted by atomic mass is 79.9. The highest BCUT2D eigenvalue weighted by Crippen LogP contribution is 2.31. The van der Waals surface area contributed by atoms with Crippen molar-refractivity contribution in [2.75, 3.05) is 13.6 Å². The first kappa shape index (κ1) is 14.2. The third-order valence-corrected chi connectivity index (χ3v) is 3.64. The second-order valence-electron chi connectivity index (χ2n) is 4.51. The Balaban J connectivity index is 2.57. The van der Waals surface area contributed by atoms with E-state index in [0.29, 0.717) is 5.56 Å². The molecule has 0 aliphatic rings. The van der Waals surface area contributed by atoms with Gasteiger partial charge in [-0.1, -0.05) is 15.9 Å². The van der Waals surface area contributed by atoms with Crippen LogP contribution in [0.2, 0.25) is 0 Å². The van der Waals surface area contributed by atoms with E-state index < -0.39 is 0 Å². The van der Waals surface area contributed by atoms with E-state index in [1.54, 1.807) is 6.07 Å². The zero-order valence-electron chi connectivity index (χ0n) is 11.3. The zero-order chi connectivity index (χ0) is 14.0. The van der Waals surface area contributed by atoms with Crippen LogP contribution in [0.4, 0.5) is 4.39 Å². The molecule has 0 amide bonds. The molecule has 0 spiro atoms. The molecule has 1 N–H and O–H groups in total. The minimum absolute atomic E-state index is 0.218. The molecule has 19 heavy (non-hydrogen) atoms. The number of aromatic nitrogens is 2. The first-order valence-electron chi connectivity index (χ1n) is 6.17. The fourth-order valence-electron chi connectivity index (χ4n) is 2.28. The molecule has 0 bridgehead atoms. The van der Waals surface area contributed by atoms with Gasteiger partial charge in [-0.3, -0.25) is 4.68 Å². The molecule has 1 aromatic heterocycles. The van der Waals surface area contributed by atoms with Gasteiger partial charge < -0.3 is 5.32 Å². The van der Waals surface area contributed by atoms with Gasteiger partial charge in [0.1, 0.15) is 5.82 Å². The van der Waals surface area contributed by atoms with Crippen LogP contribution in [0, 0.1) is 12.7 Å². The van der Waals surface area contributed by atoms with Gasteiger partial charge in [-0.2, -0.15) is 5.10 Å². The van der Waals surface area contributed by atoms with Crippen molar-refractivity contribution in [1.29, 1.82) is 0 Å². The van der Waals surface area contributed by atoms with Crippen molar-refractivity contribution in [3.8, 4) is 11.1 Å². The minimum atomic E-state index is -0.218. The molecule has 0 unspecified atom stereocenters. The van der Waals surface area contributed by atoms with Gasteiger partial charge in [0, 0.05) is 41.3 Å². The van der Waals surface area contributed by atoms with Crippen LogP contribution in [0.25, 0.3) is 11.1 Å². The summed E-state index contributed by atoms with van der Waals surface area (Å²) in [7, 11) is 3.81. The van der Waals surface area contributed by atoms with Crippen LogP contribution < -0.4 is 5.32 Å². The van der Waals surface area contributed by atoms with Crippen molar-refractivity contribution in [2.45, 2.75) is 13.3 Å². The number of likely N-dealkylation sites (N-methyl/N-ethyl adjacent to an activating group) is 1. The van der Waals surface area contributed by atoms with Gasteiger partial charge >= 0.3 is 0 Å². The third kappa shape index (κ3) is 2.87. The van der Waals surface area contributed by atoms with Crippen molar-refractivity contribution in [3.05, 3.63) is 39.9 Å². The smallest absolute Gasteiger partial charge is 0.131 e. The molecule has 0 fully saturated rings. The van der Waals surface area contributed by atoms with E-state index in [9.17, 15) is 4.39 Å². The highest BCUT2D eigenvalue weighted by molar-refractivity contribution is 9.10. The van der Waals surface area contributed by atoms with Gasteiger partial charge in [-0.15, -0.1) is 0 Å². The molecule has 5 heteroatoms. The standard InChI is InChI=1S/C14H17BrFN3/c1-9-14(11-8-10(15)4-5-12(11)16)13(6-7-17-2)19(3)18-9/h4-5,8,17H,6-7H2,1-3H3. The van der Waals surface area contributed by atoms with Crippen LogP contribution in [0.1, 0.15) is 11.4 Å². The summed E-state index contributed by atoms with van der Waals surface area (Å²) in [6, 6.07) is 4.99. The molecule has 0 aliphatic heterocycles. The van der Waals surface area contributed by atoms with Crippen molar-refractivity contribution >= 4 is 15.9 Å². The zero-order valence-corrected chi connectivity index (χ0v) is 12.9. The van der Waals surface area contributed by atoms with E-state index in [-0.39, 0.29) is 5.82 Å². The summed E-state index contributed by atoms with van der Waals surface area (Å²) in [5.41, 5.74) is 3.40. The summed E-state index contributed by atoms with van der Waals surface area (Å²) in [6.07, 6.45) is 0.815. The lowest BCUT2D eigenvalue weighted by atomic mass is 10.0. The summed E-state index contributed by atoms with van der Waals surface area (Å²) in [5.74, 6) is -0.218. The monoisotopic (exact) mass is 325 g/mol. The molecule has 0 atom stereocenters. The second-order valence-corrected chi connectivity index (χ2v) is 5.42. The van der Waals surface area contributed by atoms with E-state index in [2.05, 4.69) is 26.3 Å². The van der Waals surface area contributed by atoms with Gasteiger partial charge in [-0.25, -0.2) is 4.39 Å². The Bertz CT molecular complexity index is 593. The van der Waals surface area contributed by atoms with Crippen LogP contribution in [-0.4, -0.2) is 23.4 Å².